The summed E-state index contributed by atoms with van der Waals surface area (Å²) in [5.41, 5.74) is -0.837. The summed E-state index contributed by atoms with van der Waals surface area (Å²) in [6, 6.07) is 0. The van der Waals surface area contributed by atoms with Gasteiger partial charge in [-0.1, -0.05) is 13.8 Å². The van der Waals surface area contributed by atoms with Gasteiger partial charge in [-0.05, 0) is 19.3 Å². The SMILES string of the molecule is CC(C)CC(C)(O)CNC(=O)CCl. The Morgan fingerprint density at radius 2 is 2.15 bits per heavy atom. The maximum absolute atomic E-state index is 10.8. The number of carbonyl (C=O) groups is 1. The van der Waals surface area contributed by atoms with Crippen LogP contribution in [0.2, 0.25) is 0 Å². The molecule has 0 aliphatic rings. The van der Waals surface area contributed by atoms with Gasteiger partial charge < -0.3 is 10.4 Å². The van der Waals surface area contributed by atoms with Crippen LogP contribution in [-0.4, -0.2) is 29.0 Å². The molecule has 0 aromatic carbocycles. The van der Waals surface area contributed by atoms with Crippen LogP contribution >= 0.6 is 11.6 Å². The zero-order chi connectivity index (χ0) is 10.5. The van der Waals surface area contributed by atoms with Crippen LogP contribution in [0, 0.1) is 5.92 Å². The molecular formula is C9H18ClNO2. The molecule has 1 amide bonds. The third-order valence-corrected chi connectivity index (χ3v) is 1.88. The third kappa shape index (κ3) is 6.84. The van der Waals surface area contributed by atoms with Gasteiger partial charge in [-0.3, -0.25) is 4.79 Å². The van der Waals surface area contributed by atoms with E-state index in [-0.39, 0.29) is 18.3 Å². The number of amides is 1. The molecule has 0 spiro atoms. The standard InChI is InChI=1S/C9H18ClNO2/c1-7(2)4-9(3,13)6-11-8(12)5-10/h7,13H,4-6H2,1-3H3,(H,11,12). The second kappa shape index (κ2) is 5.45. The Morgan fingerprint density at radius 3 is 2.54 bits per heavy atom. The summed E-state index contributed by atoms with van der Waals surface area (Å²) in [7, 11) is 0. The number of carbonyl (C=O) groups excluding carboxylic acids is 1. The maximum atomic E-state index is 10.8. The highest BCUT2D eigenvalue weighted by atomic mass is 35.5. The summed E-state index contributed by atoms with van der Waals surface area (Å²) in [4.78, 5) is 10.8. The molecule has 4 heteroatoms. The summed E-state index contributed by atoms with van der Waals surface area (Å²) < 4.78 is 0. The topological polar surface area (TPSA) is 49.3 Å². The third-order valence-electron chi connectivity index (χ3n) is 1.64. The van der Waals surface area contributed by atoms with Crippen molar-refractivity contribution in [2.45, 2.75) is 32.8 Å². The van der Waals surface area contributed by atoms with E-state index in [0.717, 1.165) is 0 Å². The molecule has 0 bridgehead atoms. The first-order valence-corrected chi connectivity index (χ1v) is 4.96. The molecule has 13 heavy (non-hydrogen) atoms. The van der Waals surface area contributed by atoms with Gasteiger partial charge in [0.1, 0.15) is 5.88 Å². The van der Waals surface area contributed by atoms with Crippen molar-refractivity contribution < 1.29 is 9.90 Å². The van der Waals surface area contributed by atoms with Gasteiger partial charge >= 0.3 is 0 Å². The van der Waals surface area contributed by atoms with Crippen molar-refractivity contribution in [3.63, 3.8) is 0 Å². The number of rotatable bonds is 5. The van der Waals surface area contributed by atoms with Gasteiger partial charge in [-0.25, -0.2) is 0 Å². The number of hydrogen-bond donors (Lipinski definition) is 2. The molecule has 0 aliphatic heterocycles. The predicted molar refractivity (Wildman–Crippen MR) is 53.8 cm³/mol. The molecular weight excluding hydrogens is 190 g/mol. The van der Waals surface area contributed by atoms with Crippen LogP contribution < -0.4 is 5.32 Å². The van der Waals surface area contributed by atoms with E-state index in [1.165, 1.54) is 0 Å². The molecule has 2 N–H and O–H groups in total. The normalized spacial score (nSPS) is 15.5. The largest absolute Gasteiger partial charge is 0.388 e. The Labute approximate surface area is 84.5 Å². The second-order valence-corrected chi connectivity index (χ2v) is 4.27. The summed E-state index contributed by atoms with van der Waals surface area (Å²) >= 11 is 5.29. The van der Waals surface area contributed by atoms with Gasteiger partial charge in [-0.2, -0.15) is 0 Å². The molecule has 0 saturated carbocycles. The molecule has 0 aliphatic carbocycles. The molecule has 0 rings (SSSR count). The fraction of sp³-hybridized carbons (Fsp3) is 0.889. The van der Waals surface area contributed by atoms with Crippen molar-refractivity contribution in [1.29, 1.82) is 0 Å². The Morgan fingerprint density at radius 1 is 1.62 bits per heavy atom. The highest BCUT2D eigenvalue weighted by Crippen LogP contribution is 2.14. The molecule has 0 aromatic rings. The average molecular weight is 208 g/mol. The monoisotopic (exact) mass is 207 g/mol. The van der Waals surface area contributed by atoms with E-state index in [0.29, 0.717) is 12.3 Å². The Bertz CT molecular complexity index is 169. The minimum absolute atomic E-state index is 0.0578. The van der Waals surface area contributed by atoms with E-state index in [4.69, 9.17) is 11.6 Å². The fourth-order valence-electron chi connectivity index (χ4n) is 1.29. The van der Waals surface area contributed by atoms with Crippen molar-refractivity contribution in [3.05, 3.63) is 0 Å². The van der Waals surface area contributed by atoms with Crippen LogP contribution in [0.3, 0.4) is 0 Å². The number of hydrogen-bond acceptors (Lipinski definition) is 2. The van der Waals surface area contributed by atoms with Crippen molar-refractivity contribution in [2.24, 2.45) is 5.92 Å². The predicted octanol–water partition coefficient (Wildman–Crippen LogP) is 1.14. The lowest BCUT2D eigenvalue weighted by atomic mass is 9.94. The maximum Gasteiger partial charge on any atom is 0.235 e. The van der Waals surface area contributed by atoms with Gasteiger partial charge in [0.05, 0.1) is 5.60 Å². The number of halogens is 1. The van der Waals surface area contributed by atoms with Gasteiger partial charge in [0.2, 0.25) is 5.91 Å². The molecule has 3 nitrogen and oxygen atoms in total. The van der Waals surface area contributed by atoms with Crippen molar-refractivity contribution in [3.8, 4) is 0 Å². The minimum atomic E-state index is -0.837. The average Bonchev–Trinajstić information content (AvgIpc) is 1.98. The summed E-state index contributed by atoms with van der Waals surface area (Å²) in [6.07, 6.45) is 0.662. The lowest BCUT2D eigenvalue weighted by molar-refractivity contribution is -0.119. The molecule has 1 atom stereocenters. The fourth-order valence-corrected chi connectivity index (χ4v) is 1.38. The zero-order valence-corrected chi connectivity index (χ0v) is 9.19. The number of alkyl halides is 1. The van der Waals surface area contributed by atoms with Crippen LogP contribution in [0.1, 0.15) is 27.2 Å². The van der Waals surface area contributed by atoms with Crippen LogP contribution in [0.15, 0.2) is 0 Å². The minimum Gasteiger partial charge on any atom is -0.388 e. The Hall–Kier alpha value is -0.280. The van der Waals surface area contributed by atoms with Gasteiger partial charge in [-0.15, -0.1) is 11.6 Å². The number of aliphatic hydroxyl groups is 1. The van der Waals surface area contributed by atoms with Crippen LogP contribution in [0.5, 0.6) is 0 Å². The summed E-state index contributed by atoms with van der Waals surface area (Å²) in [6.45, 7) is 6.02. The lowest BCUT2D eigenvalue weighted by Gasteiger charge is -2.25. The zero-order valence-electron chi connectivity index (χ0n) is 8.43. The Balaban J connectivity index is 3.81. The highest BCUT2D eigenvalue weighted by Gasteiger charge is 2.22. The first-order chi connectivity index (χ1) is 5.87. The van der Waals surface area contributed by atoms with E-state index < -0.39 is 5.60 Å². The molecule has 0 radical (unpaired) electrons. The number of nitrogens with one attached hydrogen (secondary N) is 1. The summed E-state index contributed by atoms with van der Waals surface area (Å²) in [5, 5.41) is 12.3. The molecule has 0 fully saturated rings. The molecule has 78 valence electrons. The van der Waals surface area contributed by atoms with Crippen LogP contribution in [0.25, 0.3) is 0 Å². The van der Waals surface area contributed by atoms with Gasteiger partial charge in [0, 0.05) is 6.54 Å². The van der Waals surface area contributed by atoms with Crippen LogP contribution in [0.4, 0.5) is 0 Å². The molecule has 1 unspecified atom stereocenters. The van der Waals surface area contributed by atoms with Crippen molar-refractivity contribution in [2.75, 3.05) is 12.4 Å². The second-order valence-electron chi connectivity index (χ2n) is 4.01. The van der Waals surface area contributed by atoms with E-state index in [9.17, 15) is 9.90 Å². The van der Waals surface area contributed by atoms with Gasteiger partial charge in [0.25, 0.3) is 0 Å². The van der Waals surface area contributed by atoms with E-state index in [1.54, 1.807) is 6.92 Å². The van der Waals surface area contributed by atoms with Gasteiger partial charge in [0.15, 0.2) is 0 Å². The van der Waals surface area contributed by atoms with Crippen molar-refractivity contribution >= 4 is 17.5 Å². The molecule has 0 saturated heterocycles. The lowest BCUT2D eigenvalue weighted by Crippen LogP contribution is -2.41. The van der Waals surface area contributed by atoms with E-state index >= 15 is 0 Å². The first kappa shape index (κ1) is 12.7. The highest BCUT2D eigenvalue weighted by molar-refractivity contribution is 6.27. The van der Waals surface area contributed by atoms with Crippen LogP contribution in [-0.2, 0) is 4.79 Å². The molecule has 0 heterocycles. The quantitative estimate of drug-likeness (QED) is 0.665. The van der Waals surface area contributed by atoms with E-state index in [2.05, 4.69) is 5.32 Å². The van der Waals surface area contributed by atoms with E-state index in [1.807, 2.05) is 13.8 Å². The Kier molecular flexibility index (Phi) is 5.33. The molecule has 0 aromatic heterocycles. The smallest absolute Gasteiger partial charge is 0.235 e. The first-order valence-electron chi connectivity index (χ1n) is 4.42. The summed E-state index contributed by atoms with van der Waals surface area (Å²) in [5.74, 6) is 0.103. The van der Waals surface area contributed by atoms with Crippen molar-refractivity contribution in [1.82, 2.24) is 5.32 Å².